The number of halogens is 1. The van der Waals surface area contributed by atoms with Gasteiger partial charge in [0.15, 0.2) is 0 Å². The number of hydrogen-bond donors (Lipinski definition) is 1. The van der Waals surface area contributed by atoms with Gasteiger partial charge in [0.1, 0.15) is 11.9 Å². The third-order valence-electron chi connectivity index (χ3n) is 1.99. The quantitative estimate of drug-likeness (QED) is 0.857. The van der Waals surface area contributed by atoms with Crippen LogP contribution in [0.4, 0.5) is 0 Å². The molecule has 15 heavy (non-hydrogen) atoms. The van der Waals surface area contributed by atoms with Crippen LogP contribution in [-0.4, -0.2) is 26.1 Å². The molecule has 0 aliphatic carbocycles. The highest BCUT2D eigenvalue weighted by Crippen LogP contribution is 2.16. The number of carboxylic acid groups (broad SMARTS) is 1. The lowest BCUT2D eigenvalue weighted by atomic mass is 10.2. The average molecular weight is 237 g/mol. The highest BCUT2D eigenvalue weighted by molar-refractivity contribution is 5.85. The molecule has 0 saturated heterocycles. The molecule has 1 aromatic rings. The SMILES string of the molecule is CC(C)c1nccn1C(C)C(=O)O.Cl.O. The van der Waals surface area contributed by atoms with Crippen LogP contribution in [0.15, 0.2) is 12.4 Å². The van der Waals surface area contributed by atoms with E-state index in [0.29, 0.717) is 0 Å². The summed E-state index contributed by atoms with van der Waals surface area (Å²) < 4.78 is 1.69. The molecule has 1 heterocycles. The van der Waals surface area contributed by atoms with Crippen molar-refractivity contribution in [2.75, 3.05) is 0 Å². The van der Waals surface area contributed by atoms with E-state index >= 15 is 0 Å². The van der Waals surface area contributed by atoms with Crippen LogP contribution in [0.25, 0.3) is 0 Å². The van der Waals surface area contributed by atoms with Gasteiger partial charge in [-0.2, -0.15) is 0 Å². The number of aromatic nitrogens is 2. The molecule has 0 radical (unpaired) electrons. The molecule has 0 fully saturated rings. The van der Waals surface area contributed by atoms with Crippen molar-refractivity contribution in [3.63, 3.8) is 0 Å². The Morgan fingerprint density at radius 2 is 2.00 bits per heavy atom. The maximum absolute atomic E-state index is 10.7. The van der Waals surface area contributed by atoms with Crippen LogP contribution < -0.4 is 0 Å². The van der Waals surface area contributed by atoms with Crippen molar-refractivity contribution in [2.24, 2.45) is 0 Å². The predicted octanol–water partition coefficient (Wildman–Crippen LogP) is 1.25. The smallest absolute Gasteiger partial charge is 0.326 e. The Kier molecular flexibility index (Phi) is 7.00. The lowest BCUT2D eigenvalue weighted by Crippen LogP contribution is -2.17. The van der Waals surface area contributed by atoms with E-state index in [9.17, 15) is 4.79 Å². The third-order valence-corrected chi connectivity index (χ3v) is 1.99. The average Bonchev–Trinajstić information content (AvgIpc) is 2.50. The second-order valence-corrected chi connectivity index (χ2v) is 3.36. The van der Waals surface area contributed by atoms with E-state index in [1.165, 1.54) is 0 Å². The van der Waals surface area contributed by atoms with Crippen molar-refractivity contribution in [1.82, 2.24) is 9.55 Å². The van der Waals surface area contributed by atoms with Gasteiger partial charge in [-0.05, 0) is 6.92 Å². The number of nitrogens with zero attached hydrogens (tertiary/aromatic N) is 2. The highest BCUT2D eigenvalue weighted by atomic mass is 35.5. The number of aliphatic carboxylic acids is 1. The molecular formula is C9H17ClN2O3. The van der Waals surface area contributed by atoms with E-state index in [2.05, 4.69) is 4.98 Å². The van der Waals surface area contributed by atoms with Crippen LogP contribution in [-0.2, 0) is 4.79 Å². The van der Waals surface area contributed by atoms with E-state index in [1.54, 1.807) is 23.9 Å². The van der Waals surface area contributed by atoms with Crippen molar-refractivity contribution in [1.29, 1.82) is 0 Å². The van der Waals surface area contributed by atoms with Crippen LogP contribution in [0.1, 0.15) is 38.6 Å². The first-order chi connectivity index (χ1) is 6.04. The number of carbonyl (C=O) groups is 1. The monoisotopic (exact) mass is 236 g/mol. The second-order valence-electron chi connectivity index (χ2n) is 3.36. The Bertz CT molecular complexity index is 312. The van der Waals surface area contributed by atoms with Crippen molar-refractivity contribution in [3.05, 3.63) is 18.2 Å². The van der Waals surface area contributed by atoms with Crippen molar-refractivity contribution in [3.8, 4) is 0 Å². The van der Waals surface area contributed by atoms with Crippen LogP contribution in [0.2, 0.25) is 0 Å². The standard InChI is InChI=1S/C9H14N2O2.ClH.H2O/c1-6(2)8-10-4-5-11(8)7(3)9(12)13;;/h4-7H,1-3H3,(H,12,13);1H;1H2. The molecule has 1 aromatic heterocycles. The molecule has 5 nitrogen and oxygen atoms in total. The fraction of sp³-hybridized carbons (Fsp3) is 0.556. The molecule has 0 aliphatic rings. The second kappa shape index (κ2) is 6.42. The van der Waals surface area contributed by atoms with Crippen LogP contribution >= 0.6 is 12.4 Å². The van der Waals surface area contributed by atoms with Gasteiger partial charge in [-0.15, -0.1) is 12.4 Å². The maximum atomic E-state index is 10.7. The molecule has 1 rings (SSSR count). The van der Waals surface area contributed by atoms with Crippen molar-refractivity contribution < 1.29 is 15.4 Å². The van der Waals surface area contributed by atoms with Gasteiger partial charge in [-0.3, -0.25) is 0 Å². The number of imidazole rings is 1. The Morgan fingerprint density at radius 1 is 1.47 bits per heavy atom. The molecule has 0 aliphatic heterocycles. The molecule has 0 spiro atoms. The van der Waals surface area contributed by atoms with Gasteiger partial charge in [0.2, 0.25) is 0 Å². The summed E-state index contributed by atoms with van der Waals surface area (Å²) in [6, 6.07) is -0.542. The van der Waals surface area contributed by atoms with E-state index in [0.717, 1.165) is 5.82 Å². The minimum absolute atomic E-state index is 0. The zero-order valence-corrected chi connectivity index (χ0v) is 9.78. The lowest BCUT2D eigenvalue weighted by molar-refractivity contribution is -0.140. The molecule has 0 amide bonds. The van der Waals surface area contributed by atoms with E-state index in [-0.39, 0.29) is 23.8 Å². The molecule has 88 valence electrons. The third kappa shape index (κ3) is 3.53. The molecule has 0 saturated carbocycles. The van der Waals surface area contributed by atoms with Crippen LogP contribution in [0.3, 0.4) is 0 Å². The topological polar surface area (TPSA) is 86.6 Å². The molecule has 1 atom stereocenters. The highest BCUT2D eigenvalue weighted by Gasteiger charge is 2.17. The van der Waals surface area contributed by atoms with Crippen LogP contribution in [0, 0.1) is 0 Å². The zero-order valence-electron chi connectivity index (χ0n) is 8.97. The van der Waals surface area contributed by atoms with Gasteiger partial charge in [0, 0.05) is 18.3 Å². The van der Waals surface area contributed by atoms with Gasteiger partial charge < -0.3 is 15.1 Å². The number of hydrogen-bond acceptors (Lipinski definition) is 2. The summed E-state index contributed by atoms with van der Waals surface area (Å²) in [6.45, 7) is 5.64. The fourth-order valence-electron chi connectivity index (χ4n) is 1.22. The predicted molar refractivity (Wildman–Crippen MR) is 59.5 cm³/mol. The molecule has 6 heteroatoms. The Balaban J connectivity index is 0. The summed E-state index contributed by atoms with van der Waals surface area (Å²) in [4.78, 5) is 14.8. The molecule has 0 aromatic carbocycles. The minimum atomic E-state index is -0.833. The van der Waals surface area contributed by atoms with Gasteiger partial charge in [-0.1, -0.05) is 13.8 Å². The zero-order chi connectivity index (χ0) is 10.0. The van der Waals surface area contributed by atoms with Gasteiger partial charge in [-0.25, -0.2) is 9.78 Å². The van der Waals surface area contributed by atoms with E-state index in [1.807, 2.05) is 13.8 Å². The summed E-state index contributed by atoms with van der Waals surface area (Å²) in [5.74, 6) is 0.228. The molecule has 1 unspecified atom stereocenters. The summed E-state index contributed by atoms with van der Waals surface area (Å²) >= 11 is 0. The summed E-state index contributed by atoms with van der Waals surface area (Å²) in [5, 5.41) is 8.81. The number of rotatable bonds is 3. The van der Waals surface area contributed by atoms with E-state index < -0.39 is 12.0 Å². The Hall–Kier alpha value is -1.07. The Labute approximate surface area is 94.8 Å². The number of carboxylic acids is 1. The molecular weight excluding hydrogens is 220 g/mol. The van der Waals surface area contributed by atoms with Crippen molar-refractivity contribution in [2.45, 2.75) is 32.7 Å². The fourth-order valence-corrected chi connectivity index (χ4v) is 1.22. The first-order valence-corrected chi connectivity index (χ1v) is 4.29. The normalized spacial score (nSPS) is 11.5. The summed E-state index contributed by atoms with van der Waals surface area (Å²) in [6.07, 6.45) is 3.34. The van der Waals surface area contributed by atoms with Gasteiger partial charge in [0.05, 0.1) is 0 Å². The van der Waals surface area contributed by atoms with E-state index in [4.69, 9.17) is 5.11 Å². The first-order valence-electron chi connectivity index (χ1n) is 4.29. The largest absolute Gasteiger partial charge is 0.480 e. The van der Waals surface area contributed by atoms with Gasteiger partial charge in [0.25, 0.3) is 0 Å². The van der Waals surface area contributed by atoms with Crippen LogP contribution in [0.5, 0.6) is 0 Å². The molecule has 3 N–H and O–H groups in total. The van der Waals surface area contributed by atoms with Gasteiger partial charge >= 0.3 is 5.97 Å². The summed E-state index contributed by atoms with van der Waals surface area (Å²) in [5.41, 5.74) is 0. The minimum Gasteiger partial charge on any atom is -0.480 e. The van der Waals surface area contributed by atoms with Crippen molar-refractivity contribution >= 4 is 18.4 Å². The molecule has 0 bridgehead atoms. The summed E-state index contributed by atoms with van der Waals surface area (Å²) in [7, 11) is 0. The first kappa shape index (κ1) is 16.4. The maximum Gasteiger partial charge on any atom is 0.326 e. The lowest BCUT2D eigenvalue weighted by Gasteiger charge is -2.13. The Morgan fingerprint density at radius 3 is 2.40 bits per heavy atom.